The van der Waals surface area contributed by atoms with E-state index in [0.717, 1.165) is 5.56 Å². The maximum atomic E-state index is 14.3. The van der Waals surface area contributed by atoms with Crippen molar-refractivity contribution < 1.29 is 33.8 Å². The average molecular weight is 644 g/mol. The Morgan fingerprint density at radius 2 is 1.53 bits per heavy atom. The molecule has 10 nitrogen and oxygen atoms in total. The molecule has 2 aromatic rings. The Morgan fingerprint density at radius 1 is 0.889 bits per heavy atom. The Bertz CT molecular complexity index is 1270. The van der Waals surface area contributed by atoms with E-state index in [1.54, 1.807) is 53.7 Å². The van der Waals surface area contributed by atoms with Crippen LogP contribution in [-0.2, 0) is 30.3 Å². The van der Waals surface area contributed by atoms with Crippen molar-refractivity contribution in [1.82, 2.24) is 15.5 Å². The van der Waals surface area contributed by atoms with E-state index in [1.165, 1.54) is 28.8 Å². The first-order chi connectivity index (χ1) is 21.0. The molecule has 0 fully saturated rings. The number of hydrogen-bond donors (Lipinski definition) is 3. The van der Waals surface area contributed by atoms with Crippen LogP contribution in [0, 0.1) is 0 Å². The number of nitrogens with one attached hydrogen (secondary N) is 2. The molecular weight excluding hydrogens is 594 g/mol. The number of esters is 1. The predicted molar refractivity (Wildman–Crippen MR) is 177 cm³/mol. The fraction of sp³-hybridized carbons (Fsp3) is 0.529. The second kappa shape index (κ2) is 17.1. The van der Waals surface area contributed by atoms with Crippen LogP contribution in [-0.4, -0.2) is 75.7 Å². The van der Waals surface area contributed by atoms with Crippen LogP contribution < -0.4 is 10.6 Å². The highest BCUT2D eigenvalue weighted by atomic mass is 32.2. The molecule has 45 heavy (non-hydrogen) atoms. The van der Waals surface area contributed by atoms with Gasteiger partial charge in [-0.3, -0.25) is 9.59 Å². The molecule has 3 amide bonds. The summed E-state index contributed by atoms with van der Waals surface area (Å²) in [5.41, 5.74) is -0.427. The van der Waals surface area contributed by atoms with Crippen molar-refractivity contribution >= 4 is 35.6 Å². The number of thioether (sulfide) groups is 1. The Balaban J connectivity index is 2.56. The lowest BCUT2D eigenvalue weighted by molar-refractivity contribution is -0.159. The monoisotopic (exact) mass is 643 g/mol. The molecule has 0 aliphatic carbocycles. The Kier molecular flexibility index (Phi) is 14.2. The van der Waals surface area contributed by atoms with Gasteiger partial charge in [0.15, 0.2) is 0 Å². The van der Waals surface area contributed by atoms with Crippen LogP contribution in [0.15, 0.2) is 54.6 Å². The van der Waals surface area contributed by atoms with Gasteiger partial charge in [-0.1, -0.05) is 49.4 Å². The number of hydrogen-bond acceptors (Lipinski definition) is 8. The van der Waals surface area contributed by atoms with Crippen molar-refractivity contribution in [3.05, 3.63) is 65.7 Å². The van der Waals surface area contributed by atoms with Gasteiger partial charge in [-0.15, -0.1) is 0 Å². The van der Waals surface area contributed by atoms with E-state index in [2.05, 4.69) is 10.6 Å². The van der Waals surface area contributed by atoms with Gasteiger partial charge in [0, 0.05) is 13.0 Å². The lowest BCUT2D eigenvalue weighted by Crippen LogP contribution is -2.55. The number of phenols is 1. The highest BCUT2D eigenvalue weighted by Gasteiger charge is 2.38. The van der Waals surface area contributed by atoms with E-state index >= 15 is 0 Å². The van der Waals surface area contributed by atoms with Crippen molar-refractivity contribution in [1.29, 1.82) is 0 Å². The summed E-state index contributed by atoms with van der Waals surface area (Å²) in [7, 11) is 0. The zero-order chi connectivity index (χ0) is 33.8. The first-order valence-electron chi connectivity index (χ1n) is 15.2. The van der Waals surface area contributed by atoms with Crippen molar-refractivity contribution in [2.75, 3.05) is 18.6 Å². The van der Waals surface area contributed by atoms with Crippen molar-refractivity contribution in [3.8, 4) is 5.75 Å². The van der Waals surface area contributed by atoms with Gasteiger partial charge in [0.1, 0.15) is 35.1 Å². The van der Waals surface area contributed by atoms with Gasteiger partial charge >= 0.3 is 12.1 Å². The first kappa shape index (κ1) is 37.5. The number of amides is 3. The van der Waals surface area contributed by atoms with Crippen LogP contribution in [0.5, 0.6) is 5.75 Å². The summed E-state index contributed by atoms with van der Waals surface area (Å²) in [5.74, 6) is -1.26. The smallest absolute Gasteiger partial charge is 0.408 e. The third-order valence-electron chi connectivity index (χ3n) is 6.38. The van der Waals surface area contributed by atoms with Gasteiger partial charge in [0.05, 0.1) is 0 Å². The van der Waals surface area contributed by atoms with Crippen molar-refractivity contribution in [2.24, 2.45) is 0 Å². The minimum atomic E-state index is -1.23. The molecule has 0 bridgehead atoms. The normalized spacial score (nSPS) is 13.6. The lowest BCUT2D eigenvalue weighted by Gasteiger charge is -2.35. The van der Waals surface area contributed by atoms with Crippen LogP contribution in [0.4, 0.5) is 4.79 Å². The molecule has 0 aliphatic heterocycles. The number of alkyl carbamates (subject to hydrolysis) is 1. The third-order valence-corrected chi connectivity index (χ3v) is 7.03. The molecule has 0 aliphatic rings. The third kappa shape index (κ3) is 13.0. The number of benzene rings is 2. The van der Waals surface area contributed by atoms with E-state index in [0.29, 0.717) is 24.2 Å². The highest BCUT2D eigenvalue weighted by molar-refractivity contribution is 7.98. The number of ether oxygens (including phenoxy) is 2. The summed E-state index contributed by atoms with van der Waals surface area (Å²) in [4.78, 5) is 56.1. The summed E-state index contributed by atoms with van der Waals surface area (Å²) >= 11 is 1.52. The van der Waals surface area contributed by atoms with Gasteiger partial charge in [0.2, 0.25) is 11.8 Å². The molecule has 0 spiro atoms. The summed E-state index contributed by atoms with van der Waals surface area (Å²) in [5, 5.41) is 15.9. The highest BCUT2D eigenvalue weighted by Crippen LogP contribution is 2.27. The Labute approximate surface area is 271 Å². The molecule has 2 rings (SSSR count). The molecule has 0 radical (unpaired) electrons. The maximum Gasteiger partial charge on any atom is 0.408 e. The molecule has 0 saturated carbocycles. The number of carbonyl (C=O) groups is 4. The fourth-order valence-electron chi connectivity index (χ4n) is 4.58. The molecule has 0 saturated heterocycles. The molecule has 3 N–H and O–H groups in total. The molecule has 248 valence electrons. The SMILES string of the molecule is CCCN(C(=O)C(CCSC)NC(=O)OC(C)(C)C)C(C(=O)NC(Cc1ccccc1)C(=O)OC(C)(C)C)c1cccc(O)c1. The largest absolute Gasteiger partial charge is 0.508 e. The molecule has 0 heterocycles. The van der Waals surface area contributed by atoms with Gasteiger partial charge in [-0.25, -0.2) is 9.59 Å². The summed E-state index contributed by atoms with van der Waals surface area (Å²) in [6, 6.07) is 12.0. The van der Waals surface area contributed by atoms with E-state index in [1.807, 2.05) is 43.5 Å². The maximum absolute atomic E-state index is 14.3. The zero-order valence-corrected chi connectivity index (χ0v) is 28.5. The Hall–Kier alpha value is -3.73. The number of aromatic hydroxyl groups is 1. The second-order valence-electron chi connectivity index (χ2n) is 12.8. The number of rotatable bonds is 14. The van der Waals surface area contributed by atoms with Gasteiger partial charge in [0.25, 0.3) is 0 Å². The predicted octanol–water partition coefficient (Wildman–Crippen LogP) is 5.39. The molecular formula is C34H49N3O7S. The Morgan fingerprint density at radius 3 is 2.09 bits per heavy atom. The van der Waals surface area contributed by atoms with E-state index in [-0.39, 0.29) is 18.7 Å². The number of nitrogens with zero attached hydrogens (tertiary/aromatic N) is 1. The number of phenolic OH excluding ortho intramolecular Hbond substituents is 1. The minimum Gasteiger partial charge on any atom is -0.508 e. The molecule has 3 atom stereocenters. The van der Waals surface area contributed by atoms with Crippen molar-refractivity contribution in [3.63, 3.8) is 0 Å². The first-order valence-corrected chi connectivity index (χ1v) is 16.6. The standard InChI is InChI=1S/C34H49N3O7S/c1-9-19-37(30(40)26(18-20-45-8)36-32(42)44-34(5,6)7)28(24-16-13-17-25(38)22-24)29(39)35-27(31(41)43-33(2,3)4)21-23-14-11-10-12-15-23/h10-17,22,26-28,38H,9,18-21H2,1-8H3,(H,35,39)(H,36,42). The van der Waals surface area contributed by atoms with Crippen LogP contribution in [0.25, 0.3) is 0 Å². The van der Waals surface area contributed by atoms with Gasteiger partial charge in [-0.05, 0) is 89.7 Å². The van der Waals surface area contributed by atoms with E-state index in [4.69, 9.17) is 9.47 Å². The summed E-state index contributed by atoms with van der Waals surface area (Å²) < 4.78 is 11.1. The van der Waals surface area contributed by atoms with Crippen LogP contribution >= 0.6 is 11.8 Å². The van der Waals surface area contributed by atoms with Crippen molar-refractivity contribution in [2.45, 2.75) is 97.1 Å². The topological polar surface area (TPSA) is 134 Å². The van der Waals surface area contributed by atoms with E-state index < -0.39 is 53.2 Å². The van der Waals surface area contributed by atoms with Gasteiger partial charge in [-0.2, -0.15) is 11.8 Å². The number of carbonyl (C=O) groups excluding carboxylic acids is 4. The quantitative estimate of drug-likeness (QED) is 0.234. The van der Waals surface area contributed by atoms with E-state index in [9.17, 15) is 24.3 Å². The molecule has 0 aromatic heterocycles. The lowest BCUT2D eigenvalue weighted by atomic mass is 10.00. The van der Waals surface area contributed by atoms with Crippen LogP contribution in [0.1, 0.15) is 78.5 Å². The minimum absolute atomic E-state index is 0.0898. The molecule has 3 unspecified atom stereocenters. The average Bonchev–Trinajstić information content (AvgIpc) is 2.93. The van der Waals surface area contributed by atoms with Crippen LogP contribution in [0.2, 0.25) is 0 Å². The van der Waals surface area contributed by atoms with Crippen LogP contribution in [0.3, 0.4) is 0 Å². The fourth-order valence-corrected chi connectivity index (χ4v) is 5.06. The molecule has 2 aromatic carbocycles. The molecule has 11 heteroatoms. The van der Waals surface area contributed by atoms with Gasteiger partial charge < -0.3 is 30.1 Å². The second-order valence-corrected chi connectivity index (χ2v) is 13.8. The summed E-state index contributed by atoms with van der Waals surface area (Å²) in [6.45, 7) is 12.5. The zero-order valence-electron chi connectivity index (χ0n) is 27.7. The summed E-state index contributed by atoms with van der Waals surface area (Å²) in [6.07, 6.45) is 2.10.